The number of pyridine rings is 1. The first-order valence-electron chi connectivity index (χ1n) is 15.0. The van der Waals surface area contributed by atoms with Crippen LogP contribution in [0.1, 0.15) is 52.7 Å². The largest absolute Gasteiger partial charge is 0.494 e. The number of halogens is 5. The Labute approximate surface area is 278 Å². The fourth-order valence-electron chi connectivity index (χ4n) is 6.14. The molecule has 0 aliphatic carbocycles. The van der Waals surface area contributed by atoms with E-state index in [2.05, 4.69) is 5.32 Å². The van der Waals surface area contributed by atoms with Crippen molar-refractivity contribution < 1.29 is 39.7 Å². The summed E-state index contributed by atoms with van der Waals surface area (Å²) in [5.41, 5.74) is -1.24. The smallest absolute Gasteiger partial charge is 0.416 e. The summed E-state index contributed by atoms with van der Waals surface area (Å²) >= 11 is 1.24. The molecule has 0 fully saturated rings. The van der Waals surface area contributed by atoms with Crippen molar-refractivity contribution in [2.45, 2.75) is 49.5 Å². The van der Waals surface area contributed by atoms with E-state index in [1.54, 1.807) is 0 Å². The Balaban J connectivity index is 1.70. The Kier molecular flexibility index (Phi) is 10.7. The number of methoxy groups -OCH3 is 1. The molecule has 1 aliphatic rings. The number of hydrogen-bond acceptors (Lipinski definition) is 6. The zero-order valence-electron chi connectivity index (χ0n) is 26.0. The highest BCUT2D eigenvalue weighted by Gasteiger charge is 2.38. The van der Waals surface area contributed by atoms with Crippen LogP contribution in [0.3, 0.4) is 0 Å². The van der Waals surface area contributed by atoms with Gasteiger partial charge in [0.05, 0.1) is 41.1 Å². The van der Waals surface area contributed by atoms with Gasteiger partial charge in [0.15, 0.2) is 11.6 Å². The number of fused-ring (bicyclic) bond motifs is 1. The zero-order valence-corrected chi connectivity index (χ0v) is 27.6. The summed E-state index contributed by atoms with van der Waals surface area (Å²) in [7, 11) is -2.87. The van der Waals surface area contributed by atoms with E-state index in [1.807, 2.05) is 30.3 Å². The molecule has 48 heavy (non-hydrogen) atoms. The second-order valence-electron chi connectivity index (χ2n) is 11.4. The molecule has 4 aromatic rings. The average molecular weight is 709 g/mol. The van der Waals surface area contributed by atoms with E-state index in [-0.39, 0.29) is 34.4 Å². The van der Waals surface area contributed by atoms with Gasteiger partial charge in [-0.05, 0) is 61.2 Å². The lowest BCUT2D eigenvalue weighted by Gasteiger charge is -2.28. The van der Waals surface area contributed by atoms with Gasteiger partial charge in [0, 0.05) is 23.3 Å². The molecule has 0 saturated heterocycles. The summed E-state index contributed by atoms with van der Waals surface area (Å²) < 4.78 is 111. The van der Waals surface area contributed by atoms with Crippen molar-refractivity contribution in [2.75, 3.05) is 25.2 Å². The molecule has 7 nitrogen and oxygen atoms in total. The maximum Gasteiger partial charge on any atom is 0.416 e. The van der Waals surface area contributed by atoms with Crippen molar-refractivity contribution in [3.8, 4) is 16.9 Å². The number of ether oxygens (including phenoxy) is 1. The van der Waals surface area contributed by atoms with Crippen LogP contribution in [-0.2, 0) is 22.7 Å². The molecule has 2 unspecified atom stereocenters. The fraction of sp³-hybridized carbons (Fsp3) is 0.324. The van der Waals surface area contributed by atoms with Gasteiger partial charge in [-0.3, -0.25) is 13.9 Å². The number of rotatable bonds is 12. The fourth-order valence-corrected chi connectivity index (χ4v) is 8.14. The number of unbranched alkanes of at least 4 members (excludes halogenated alkanes) is 1. The Bertz CT molecular complexity index is 1970. The van der Waals surface area contributed by atoms with Crippen LogP contribution in [0.15, 0.2) is 76.6 Å². The lowest BCUT2D eigenvalue weighted by molar-refractivity contribution is -0.138. The highest BCUT2D eigenvalue weighted by Crippen LogP contribution is 2.45. The summed E-state index contributed by atoms with van der Waals surface area (Å²) in [6.45, 7) is 1.83. The first kappa shape index (κ1) is 35.6. The second-order valence-corrected chi connectivity index (χ2v) is 14.0. The Morgan fingerprint density at radius 3 is 2.40 bits per heavy atom. The quantitative estimate of drug-likeness (QED) is 0.0902. The standard InChI is InChI=1S/C34H33F5N2O5S2/c1-20-23(18-24-25(34(37,38)39)13-9-14-26(24)35)33-41(32(42)29(20)22-12-8-15-28(46-2)30(22)36)27(19-47-33)31(21-10-4-3-5-11-21)40-16-6-7-17-48(43,44)45/h3-5,8-15,27,31,40H,6-7,16-19H2,1-2H3,(H,43,44,45). The maximum atomic E-state index is 15.8. The predicted octanol–water partition coefficient (Wildman–Crippen LogP) is 7.37. The van der Waals surface area contributed by atoms with Gasteiger partial charge in [-0.1, -0.05) is 48.5 Å². The summed E-state index contributed by atoms with van der Waals surface area (Å²) in [4.78, 5) is 14.5. The Hall–Kier alpha value is -3.72. The van der Waals surface area contributed by atoms with Gasteiger partial charge >= 0.3 is 6.18 Å². The highest BCUT2D eigenvalue weighted by molar-refractivity contribution is 7.99. The minimum atomic E-state index is -4.85. The molecule has 1 aliphatic heterocycles. The first-order valence-corrected chi connectivity index (χ1v) is 17.6. The number of benzene rings is 3. The normalized spacial score (nSPS) is 15.4. The molecule has 14 heteroatoms. The predicted molar refractivity (Wildman–Crippen MR) is 174 cm³/mol. The Morgan fingerprint density at radius 1 is 1.02 bits per heavy atom. The van der Waals surface area contributed by atoms with Crippen LogP contribution in [0.4, 0.5) is 22.0 Å². The monoisotopic (exact) mass is 708 g/mol. The van der Waals surface area contributed by atoms with E-state index >= 15 is 8.78 Å². The molecule has 3 aromatic carbocycles. The summed E-state index contributed by atoms with van der Waals surface area (Å²) in [6.07, 6.45) is -4.82. The third kappa shape index (κ3) is 7.46. The maximum absolute atomic E-state index is 15.8. The van der Waals surface area contributed by atoms with Gasteiger partial charge in [-0.25, -0.2) is 8.78 Å². The molecule has 0 bridgehead atoms. The molecular weight excluding hydrogens is 676 g/mol. The van der Waals surface area contributed by atoms with Crippen LogP contribution in [0.25, 0.3) is 11.1 Å². The van der Waals surface area contributed by atoms with Crippen LogP contribution in [0.2, 0.25) is 0 Å². The number of nitrogens with one attached hydrogen (secondary N) is 1. The molecule has 256 valence electrons. The van der Waals surface area contributed by atoms with Crippen molar-refractivity contribution in [3.05, 3.63) is 117 Å². The molecule has 2 heterocycles. The highest BCUT2D eigenvalue weighted by atomic mass is 32.2. The van der Waals surface area contributed by atoms with Crippen LogP contribution >= 0.6 is 11.8 Å². The van der Waals surface area contributed by atoms with Crippen LogP contribution in [-0.4, -0.2) is 42.7 Å². The molecule has 0 spiro atoms. The lowest BCUT2D eigenvalue weighted by atomic mass is 9.91. The van der Waals surface area contributed by atoms with E-state index in [1.165, 1.54) is 48.6 Å². The molecule has 0 saturated carbocycles. The topological polar surface area (TPSA) is 97.6 Å². The van der Waals surface area contributed by atoms with Crippen LogP contribution in [0, 0.1) is 18.6 Å². The van der Waals surface area contributed by atoms with Crippen molar-refractivity contribution in [3.63, 3.8) is 0 Å². The van der Waals surface area contributed by atoms with Gasteiger partial charge in [-0.15, -0.1) is 11.8 Å². The van der Waals surface area contributed by atoms with E-state index in [0.717, 1.165) is 23.8 Å². The van der Waals surface area contributed by atoms with Crippen molar-refractivity contribution in [2.24, 2.45) is 0 Å². The molecule has 2 atom stereocenters. The van der Waals surface area contributed by atoms with E-state index in [4.69, 9.17) is 9.29 Å². The molecule has 2 N–H and O–H groups in total. The number of thioether (sulfide) groups is 1. The minimum Gasteiger partial charge on any atom is -0.494 e. The van der Waals surface area contributed by atoms with Gasteiger partial charge in [0.1, 0.15) is 5.82 Å². The van der Waals surface area contributed by atoms with Gasteiger partial charge in [0.25, 0.3) is 15.7 Å². The summed E-state index contributed by atoms with van der Waals surface area (Å²) in [5.74, 6) is -2.14. The van der Waals surface area contributed by atoms with Gasteiger partial charge in [0.2, 0.25) is 0 Å². The molecule has 0 amide bonds. The van der Waals surface area contributed by atoms with Gasteiger partial charge < -0.3 is 10.1 Å². The third-order valence-corrected chi connectivity index (χ3v) is 10.5. The average Bonchev–Trinajstić information content (AvgIpc) is 3.47. The summed E-state index contributed by atoms with van der Waals surface area (Å²) in [6, 6.07) is 15.0. The van der Waals surface area contributed by atoms with Gasteiger partial charge in [-0.2, -0.15) is 21.6 Å². The lowest BCUT2D eigenvalue weighted by Crippen LogP contribution is -2.36. The molecule has 5 rings (SSSR count). The van der Waals surface area contributed by atoms with E-state index in [0.29, 0.717) is 23.7 Å². The number of alkyl halides is 3. The van der Waals surface area contributed by atoms with E-state index in [9.17, 15) is 26.4 Å². The third-order valence-electron chi connectivity index (χ3n) is 8.43. The first-order chi connectivity index (χ1) is 22.7. The van der Waals surface area contributed by atoms with Crippen LogP contribution in [0.5, 0.6) is 5.75 Å². The number of nitrogens with zero attached hydrogens (tertiary/aromatic N) is 1. The second kappa shape index (κ2) is 14.4. The van der Waals surface area contributed by atoms with Crippen LogP contribution < -0.4 is 15.6 Å². The minimum absolute atomic E-state index is 0.0810. The summed E-state index contributed by atoms with van der Waals surface area (Å²) in [5, 5.41) is 3.74. The number of hydrogen-bond donors (Lipinski definition) is 2. The zero-order chi connectivity index (χ0) is 34.8. The van der Waals surface area contributed by atoms with Crippen molar-refractivity contribution in [1.82, 2.24) is 9.88 Å². The van der Waals surface area contributed by atoms with Crippen molar-refractivity contribution in [1.29, 1.82) is 0 Å². The molecule has 1 aromatic heterocycles. The number of aromatic nitrogens is 1. The molecular formula is C34H33F5N2O5S2. The molecule has 0 radical (unpaired) electrons. The SMILES string of the molecule is COc1cccc(-c2c(C)c(Cc3c(F)cccc3C(F)(F)F)c3n(c2=O)C(C(NCCCCS(=O)(=O)O)c2ccccc2)CS3)c1F. The van der Waals surface area contributed by atoms with Crippen molar-refractivity contribution >= 4 is 21.9 Å². The Morgan fingerprint density at radius 2 is 1.73 bits per heavy atom. The van der Waals surface area contributed by atoms with E-state index < -0.39 is 68.9 Å².